The average molecular weight is 302 g/mol. The van der Waals surface area contributed by atoms with Crippen molar-refractivity contribution >= 4 is 23.5 Å². The molecular weight excluding hydrogens is 278 g/mol. The normalized spacial score (nSPS) is 12.6. The summed E-state index contributed by atoms with van der Waals surface area (Å²) in [6, 6.07) is -0.0852. The summed E-state index contributed by atoms with van der Waals surface area (Å²) in [6.45, 7) is 9.89. The topological polar surface area (TPSA) is 74.2 Å². The highest BCUT2D eigenvalue weighted by Gasteiger charge is 2.14. The van der Waals surface area contributed by atoms with Crippen molar-refractivity contribution in [3.05, 3.63) is 5.28 Å². The van der Waals surface area contributed by atoms with E-state index in [4.69, 9.17) is 11.6 Å². The van der Waals surface area contributed by atoms with Gasteiger partial charge in [-0.15, -0.1) is 0 Å². The van der Waals surface area contributed by atoms with Gasteiger partial charge in [0.25, 0.3) is 0 Å². The van der Waals surface area contributed by atoms with Crippen LogP contribution < -0.4 is 10.2 Å². The maximum absolute atomic E-state index is 9.40. The third kappa shape index (κ3) is 5.09. The smallest absolute Gasteiger partial charge is 0.231 e. The van der Waals surface area contributed by atoms with Crippen molar-refractivity contribution in [3.63, 3.8) is 0 Å². The fourth-order valence-corrected chi connectivity index (χ4v) is 2.14. The van der Waals surface area contributed by atoms with Gasteiger partial charge in [0.1, 0.15) is 0 Å². The maximum atomic E-state index is 9.40. The van der Waals surface area contributed by atoms with Crippen LogP contribution in [0.25, 0.3) is 0 Å². The van der Waals surface area contributed by atoms with Gasteiger partial charge in [0, 0.05) is 13.1 Å². The molecule has 114 valence electrons. The minimum atomic E-state index is -0.0852. The molecule has 0 bridgehead atoms. The molecular formula is C13H24ClN5O. The van der Waals surface area contributed by atoms with Gasteiger partial charge < -0.3 is 15.3 Å². The molecule has 0 aliphatic carbocycles. The average Bonchev–Trinajstić information content (AvgIpc) is 2.38. The number of nitrogens with one attached hydrogen (secondary N) is 1. The molecule has 1 heterocycles. The van der Waals surface area contributed by atoms with E-state index in [1.807, 2.05) is 18.7 Å². The Balaban J connectivity index is 2.89. The number of aromatic nitrogens is 3. The Morgan fingerprint density at radius 1 is 1.20 bits per heavy atom. The van der Waals surface area contributed by atoms with E-state index in [1.165, 1.54) is 0 Å². The van der Waals surface area contributed by atoms with Crippen molar-refractivity contribution in [2.24, 2.45) is 5.92 Å². The third-order valence-electron chi connectivity index (χ3n) is 2.95. The van der Waals surface area contributed by atoms with Crippen LogP contribution in [0.5, 0.6) is 0 Å². The van der Waals surface area contributed by atoms with E-state index in [1.54, 1.807) is 0 Å². The summed E-state index contributed by atoms with van der Waals surface area (Å²) < 4.78 is 0. The Kier molecular flexibility index (Phi) is 6.95. The van der Waals surface area contributed by atoms with E-state index in [9.17, 15) is 5.11 Å². The highest BCUT2D eigenvalue weighted by atomic mass is 35.5. The van der Waals surface area contributed by atoms with Crippen LogP contribution in [0.15, 0.2) is 0 Å². The van der Waals surface area contributed by atoms with E-state index >= 15 is 0 Å². The van der Waals surface area contributed by atoms with Gasteiger partial charge in [-0.25, -0.2) is 0 Å². The Labute approximate surface area is 125 Å². The van der Waals surface area contributed by atoms with Crippen molar-refractivity contribution in [2.45, 2.75) is 40.2 Å². The molecule has 1 atom stereocenters. The maximum Gasteiger partial charge on any atom is 0.231 e. The first-order chi connectivity index (χ1) is 9.49. The van der Waals surface area contributed by atoms with Crippen molar-refractivity contribution in [3.8, 4) is 0 Å². The first-order valence-corrected chi connectivity index (χ1v) is 7.41. The standard InChI is InChI=1S/C13H24ClN5O/c1-5-19(6-2)13-17-11(14)16-12(18-13)15-10(8-20)7-9(3)4/h9-10,20H,5-8H2,1-4H3,(H,15,16,17,18). The molecule has 1 aromatic rings. The van der Waals surface area contributed by atoms with Crippen LogP contribution in [0.3, 0.4) is 0 Å². The lowest BCUT2D eigenvalue weighted by Crippen LogP contribution is -2.28. The Morgan fingerprint density at radius 3 is 2.35 bits per heavy atom. The van der Waals surface area contributed by atoms with Gasteiger partial charge in [-0.05, 0) is 37.8 Å². The summed E-state index contributed by atoms with van der Waals surface area (Å²) >= 11 is 5.95. The zero-order chi connectivity index (χ0) is 15.1. The fourth-order valence-electron chi connectivity index (χ4n) is 1.98. The summed E-state index contributed by atoms with van der Waals surface area (Å²) in [5, 5.41) is 12.7. The molecule has 0 radical (unpaired) electrons. The molecule has 1 aromatic heterocycles. The highest BCUT2D eigenvalue weighted by Crippen LogP contribution is 2.15. The van der Waals surface area contributed by atoms with Crippen LogP contribution in [0.2, 0.25) is 5.28 Å². The van der Waals surface area contributed by atoms with E-state index < -0.39 is 0 Å². The zero-order valence-corrected chi connectivity index (χ0v) is 13.4. The molecule has 0 amide bonds. The van der Waals surface area contributed by atoms with Crippen molar-refractivity contribution in [1.29, 1.82) is 0 Å². The number of hydrogen-bond acceptors (Lipinski definition) is 6. The van der Waals surface area contributed by atoms with Crippen LogP contribution in [0.4, 0.5) is 11.9 Å². The molecule has 7 heteroatoms. The number of aliphatic hydroxyl groups is 1. The summed E-state index contributed by atoms with van der Waals surface area (Å²) in [5.41, 5.74) is 0. The third-order valence-corrected chi connectivity index (χ3v) is 3.12. The lowest BCUT2D eigenvalue weighted by atomic mass is 10.0. The van der Waals surface area contributed by atoms with Gasteiger partial charge >= 0.3 is 0 Å². The molecule has 0 aliphatic heterocycles. The molecule has 20 heavy (non-hydrogen) atoms. The Hall–Kier alpha value is -1.14. The minimum Gasteiger partial charge on any atom is -0.394 e. The van der Waals surface area contributed by atoms with Crippen LogP contribution in [-0.4, -0.2) is 45.8 Å². The molecule has 0 spiro atoms. The number of hydrogen-bond donors (Lipinski definition) is 2. The lowest BCUT2D eigenvalue weighted by Gasteiger charge is -2.21. The number of aliphatic hydroxyl groups excluding tert-OH is 1. The van der Waals surface area contributed by atoms with Crippen LogP contribution in [0, 0.1) is 5.92 Å². The van der Waals surface area contributed by atoms with Gasteiger partial charge in [-0.3, -0.25) is 0 Å². The van der Waals surface area contributed by atoms with Crippen molar-refractivity contribution in [2.75, 3.05) is 29.9 Å². The molecule has 0 saturated carbocycles. The van der Waals surface area contributed by atoms with Crippen LogP contribution >= 0.6 is 11.6 Å². The Morgan fingerprint density at radius 2 is 1.85 bits per heavy atom. The fraction of sp³-hybridized carbons (Fsp3) is 0.769. The number of anilines is 2. The van der Waals surface area contributed by atoms with E-state index in [-0.39, 0.29) is 17.9 Å². The van der Waals surface area contributed by atoms with Crippen molar-refractivity contribution < 1.29 is 5.11 Å². The minimum absolute atomic E-state index is 0.0298. The first-order valence-electron chi connectivity index (χ1n) is 7.04. The van der Waals surface area contributed by atoms with Gasteiger partial charge in [-0.1, -0.05) is 13.8 Å². The zero-order valence-electron chi connectivity index (χ0n) is 12.6. The SMILES string of the molecule is CCN(CC)c1nc(Cl)nc(NC(CO)CC(C)C)n1. The summed E-state index contributed by atoms with van der Waals surface area (Å²) in [5.74, 6) is 1.43. The van der Waals surface area contributed by atoms with E-state index in [0.29, 0.717) is 17.8 Å². The monoisotopic (exact) mass is 301 g/mol. The molecule has 0 fully saturated rings. The van der Waals surface area contributed by atoms with Gasteiger partial charge in [0.2, 0.25) is 17.2 Å². The van der Waals surface area contributed by atoms with Gasteiger partial charge in [0.15, 0.2) is 0 Å². The Bertz CT molecular complexity index is 412. The number of nitrogens with zero attached hydrogens (tertiary/aromatic N) is 4. The van der Waals surface area contributed by atoms with E-state index in [2.05, 4.69) is 34.1 Å². The molecule has 1 rings (SSSR count). The quantitative estimate of drug-likeness (QED) is 0.767. The molecule has 6 nitrogen and oxygen atoms in total. The lowest BCUT2D eigenvalue weighted by molar-refractivity contribution is 0.259. The second-order valence-electron chi connectivity index (χ2n) is 5.05. The number of halogens is 1. The second-order valence-corrected chi connectivity index (χ2v) is 5.39. The second kappa shape index (κ2) is 8.21. The largest absolute Gasteiger partial charge is 0.394 e. The summed E-state index contributed by atoms with van der Waals surface area (Å²) in [4.78, 5) is 14.6. The molecule has 0 saturated heterocycles. The highest BCUT2D eigenvalue weighted by molar-refractivity contribution is 6.28. The molecule has 2 N–H and O–H groups in total. The van der Waals surface area contributed by atoms with E-state index in [0.717, 1.165) is 19.5 Å². The summed E-state index contributed by atoms with van der Waals surface area (Å²) in [6.07, 6.45) is 0.834. The van der Waals surface area contributed by atoms with Gasteiger partial charge in [-0.2, -0.15) is 15.0 Å². The molecule has 0 aliphatic rings. The van der Waals surface area contributed by atoms with Crippen molar-refractivity contribution in [1.82, 2.24) is 15.0 Å². The predicted octanol–water partition coefficient (Wildman–Crippen LogP) is 2.19. The van der Waals surface area contributed by atoms with Crippen LogP contribution in [-0.2, 0) is 0 Å². The van der Waals surface area contributed by atoms with Gasteiger partial charge in [0.05, 0.1) is 12.6 Å². The first kappa shape index (κ1) is 16.9. The summed E-state index contributed by atoms with van der Waals surface area (Å²) in [7, 11) is 0. The number of rotatable bonds is 8. The molecule has 0 aromatic carbocycles. The predicted molar refractivity (Wildman–Crippen MR) is 82.3 cm³/mol. The molecule has 1 unspecified atom stereocenters. The van der Waals surface area contributed by atoms with Crippen LogP contribution in [0.1, 0.15) is 34.1 Å².